The van der Waals surface area contributed by atoms with Crippen molar-refractivity contribution >= 4 is 29.1 Å². The van der Waals surface area contributed by atoms with Gasteiger partial charge in [-0.15, -0.1) is 0 Å². The van der Waals surface area contributed by atoms with Crippen LogP contribution in [0.1, 0.15) is 26.2 Å². The second-order valence-electron chi connectivity index (χ2n) is 7.35. The van der Waals surface area contributed by atoms with Crippen molar-refractivity contribution in [2.45, 2.75) is 36.7 Å². The molecule has 0 saturated carbocycles. The maximum atomic E-state index is 10.3. The molecule has 3 aromatic carbocycles. The number of unbranched alkanes of at least 4 members (excludes halogenated alkanes) is 1. The molecule has 0 spiro atoms. The molecule has 0 heterocycles. The van der Waals surface area contributed by atoms with Crippen molar-refractivity contribution in [3.63, 3.8) is 0 Å². The van der Waals surface area contributed by atoms with Gasteiger partial charge in [0.2, 0.25) is 0 Å². The van der Waals surface area contributed by atoms with Crippen molar-refractivity contribution in [2.75, 3.05) is 0 Å². The van der Waals surface area contributed by atoms with Gasteiger partial charge in [-0.1, -0.05) is 0 Å². The van der Waals surface area contributed by atoms with E-state index in [1.807, 2.05) is 6.08 Å². The van der Waals surface area contributed by atoms with Crippen molar-refractivity contribution < 1.29 is 5.11 Å². The normalized spacial score (nSPS) is 12.9. The van der Waals surface area contributed by atoms with Crippen molar-refractivity contribution in [1.29, 1.82) is 0 Å². The van der Waals surface area contributed by atoms with E-state index in [4.69, 9.17) is 0 Å². The zero-order valence-corrected chi connectivity index (χ0v) is 19.5. The number of hydrogen-bond acceptors (Lipinski definition) is 1. The van der Waals surface area contributed by atoms with Gasteiger partial charge in [0, 0.05) is 0 Å². The van der Waals surface area contributed by atoms with Crippen molar-refractivity contribution in [3.05, 3.63) is 103 Å². The van der Waals surface area contributed by atoms with Gasteiger partial charge in [-0.05, 0) is 0 Å². The third-order valence-corrected chi connectivity index (χ3v) is 19.1. The quantitative estimate of drug-likeness (QED) is 0.361. The molecule has 1 unspecified atom stereocenters. The molecule has 1 atom stereocenters. The monoisotopic (exact) mass is 478 g/mol. The minimum atomic E-state index is -3.21. The van der Waals surface area contributed by atoms with Crippen LogP contribution in [-0.4, -0.2) is 29.6 Å². The molecule has 1 nitrogen and oxygen atoms in total. The van der Waals surface area contributed by atoms with Gasteiger partial charge in [0.1, 0.15) is 0 Å². The molecule has 0 bridgehead atoms. The van der Waals surface area contributed by atoms with Crippen LogP contribution in [0.3, 0.4) is 0 Å². The van der Waals surface area contributed by atoms with Crippen LogP contribution in [0.15, 0.2) is 103 Å². The molecule has 0 amide bonds. The number of aliphatic hydroxyl groups excluding tert-OH is 1. The number of allylic oxidation sites excluding steroid dienone is 1. The first-order valence-electron chi connectivity index (χ1n) is 10.3. The Balaban J connectivity index is 2.08. The molecule has 3 rings (SSSR count). The van der Waals surface area contributed by atoms with Gasteiger partial charge in [-0.2, -0.15) is 0 Å². The number of rotatable bonds is 9. The average molecular weight is 477 g/mol. The summed E-state index contributed by atoms with van der Waals surface area (Å²) in [7, 11) is 0. The Kier molecular flexibility index (Phi) is 7.93. The first-order chi connectivity index (χ1) is 13.8. The maximum absolute atomic E-state index is 10.3. The molecule has 28 heavy (non-hydrogen) atoms. The van der Waals surface area contributed by atoms with Gasteiger partial charge < -0.3 is 0 Å². The fourth-order valence-corrected chi connectivity index (χ4v) is 16.7. The van der Waals surface area contributed by atoms with E-state index < -0.39 is 18.4 Å². The van der Waals surface area contributed by atoms with E-state index in [2.05, 4.69) is 104 Å². The van der Waals surface area contributed by atoms with E-state index in [1.165, 1.54) is 10.7 Å². The average Bonchev–Trinajstić information content (AvgIpc) is 2.77. The molecule has 144 valence electrons. The minimum absolute atomic E-state index is 0.341. The van der Waals surface area contributed by atoms with Gasteiger partial charge >= 0.3 is 174 Å². The molecule has 0 aliphatic heterocycles. The molecule has 0 aliphatic carbocycles. The molecule has 0 fully saturated rings. The zero-order valence-electron chi connectivity index (χ0n) is 16.7. The molecule has 0 saturated heterocycles. The summed E-state index contributed by atoms with van der Waals surface area (Å²) in [5.74, 6) is 0. The summed E-state index contributed by atoms with van der Waals surface area (Å²) in [6, 6.07) is 33.1. The Labute approximate surface area is 173 Å². The number of benzene rings is 3. The summed E-state index contributed by atoms with van der Waals surface area (Å²) in [5, 5.41) is 10.3. The molecule has 1 N–H and O–H groups in total. The molecular weight excluding hydrogens is 447 g/mol. The molecular formula is C26H30OSn. The topological polar surface area (TPSA) is 20.2 Å². The summed E-state index contributed by atoms with van der Waals surface area (Å²) >= 11 is -3.21. The van der Waals surface area contributed by atoms with E-state index in [0.717, 1.165) is 23.7 Å². The number of aliphatic hydroxyl groups is 1. The van der Waals surface area contributed by atoms with E-state index in [9.17, 15) is 5.11 Å². The Morgan fingerprint density at radius 3 is 1.57 bits per heavy atom. The first kappa shape index (κ1) is 20.9. The third-order valence-electron chi connectivity index (χ3n) is 5.44. The summed E-state index contributed by atoms with van der Waals surface area (Å²) in [6.07, 6.45) is 6.96. The van der Waals surface area contributed by atoms with Gasteiger partial charge in [0.15, 0.2) is 0 Å². The van der Waals surface area contributed by atoms with Gasteiger partial charge in [-0.3, -0.25) is 0 Å². The van der Waals surface area contributed by atoms with Crippen LogP contribution in [0.25, 0.3) is 0 Å². The van der Waals surface area contributed by atoms with Crippen LogP contribution in [-0.2, 0) is 0 Å². The summed E-state index contributed by atoms with van der Waals surface area (Å²) in [5.41, 5.74) is 0. The Morgan fingerprint density at radius 1 is 0.750 bits per heavy atom. The number of hydrogen-bond donors (Lipinski definition) is 1. The van der Waals surface area contributed by atoms with Crippen molar-refractivity contribution in [1.82, 2.24) is 0 Å². The molecule has 0 aliphatic rings. The van der Waals surface area contributed by atoms with Crippen LogP contribution >= 0.6 is 0 Å². The standard InChI is InChI=1S/C8H15O.3C6H5.Sn/c1-3-5-7-8(9)6-4-2;3*1-2-4-6-5-3-1;/h4,6,8-9H,2-3,5,7H2,1H3;3*1-5H;/b6-4+;;;;. The van der Waals surface area contributed by atoms with Crippen LogP contribution in [0.5, 0.6) is 0 Å². The molecule has 0 aromatic heterocycles. The van der Waals surface area contributed by atoms with Crippen molar-refractivity contribution in [3.8, 4) is 0 Å². The van der Waals surface area contributed by atoms with E-state index in [0.29, 0.717) is 0 Å². The Bertz CT molecular complexity index is 747. The van der Waals surface area contributed by atoms with E-state index >= 15 is 0 Å². The van der Waals surface area contributed by atoms with Crippen molar-refractivity contribution in [2.24, 2.45) is 0 Å². The van der Waals surface area contributed by atoms with Crippen LogP contribution in [0, 0.1) is 0 Å². The second-order valence-corrected chi connectivity index (χ2v) is 18.6. The molecule has 3 aromatic rings. The van der Waals surface area contributed by atoms with E-state index in [-0.39, 0.29) is 6.10 Å². The van der Waals surface area contributed by atoms with Gasteiger partial charge in [0.25, 0.3) is 0 Å². The Morgan fingerprint density at radius 2 is 1.18 bits per heavy atom. The van der Waals surface area contributed by atoms with Crippen LogP contribution < -0.4 is 10.7 Å². The zero-order chi connectivity index (χ0) is 19.7. The van der Waals surface area contributed by atoms with Gasteiger partial charge in [-0.25, -0.2) is 0 Å². The summed E-state index contributed by atoms with van der Waals surface area (Å²) in [4.78, 5) is 0. The van der Waals surface area contributed by atoms with Crippen LogP contribution in [0.2, 0.25) is 4.44 Å². The first-order valence-corrected chi connectivity index (χ1v) is 16.6. The summed E-state index contributed by atoms with van der Waals surface area (Å²) < 4.78 is 5.43. The fourth-order valence-electron chi connectivity index (χ4n) is 3.93. The molecule has 2 heteroatoms. The summed E-state index contributed by atoms with van der Waals surface area (Å²) in [6.45, 7) is 2.16. The SMILES string of the molecule is CCCCC(O)/C=C/[CH2][Sn]([c]1ccccc1)([c]1ccccc1)[c]1ccccc1. The van der Waals surface area contributed by atoms with Crippen LogP contribution in [0.4, 0.5) is 0 Å². The molecule has 0 radical (unpaired) electrons. The fraction of sp³-hybridized carbons (Fsp3) is 0.231. The Hall–Kier alpha value is -1.84. The second kappa shape index (κ2) is 10.6. The van der Waals surface area contributed by atoms with Gasteiger partial charge in [0.05, 0.1) is 0 Å². The third kappa shape index (κ3) is 4.95. The van der Waals surface area contributed by atoms with E-state index in [1.54, 1.807) is 0 Å². The predicted octanol–water partition coefficient (Wildman–Crippen LogP) is 4.26. The predicted molar refractivity (Wildman–Crippen MR) is 123 cm³/mol.